The minimum absolute atomic E-state index is 0.176. The highest BCUT2D eigenvalue weighted by molar-refractivity contribution is 9.10. The van der Waals surface area contributed by atoms with Crippen molar-refractivity contribution in [1.29, 1.82) is 0 Å². The number of halogens is 1. The molecule has 0 saturated carbocycles. The predicted octanol–water partition coefficient (Wildman–Crippen LogP) is 4.12. The Bertz CT molecular complexity index is 1000. The van der Waals surface area contributed by atoms with Gasteiger partial charge in [-0.2, -0.15) is 4.31 Å². The highest BCUT2D eigenvalue weighted by atomic mass is 79.9. The van der Waals surface area contributed by atoms with E-state index in [4.69, 9.17) is 0 Å². The number of anilines is 2. The summed E-state index contributed by atoms with van der Waals surface area (Å²) in [6, 6.07) is 6.69. The van der Waals surface area contributed by atoms with Gasteiger partial charge in [0, 0.05) is 43.0 Å². The average molecular weight is 495 g/mol. The lowest BCUT2D eigenvalue weighted by Gasteiger charge is -2.31. The van der Waals surface area contributed by atoms with Crippen LogP contribution in [0.3, 0.4) is 0 Å². The number of nitrogens with one attached hydrogen (secondary N) is 1. The van der Waals surface area contributed by atoms with Gasteiger partial charge in [-0.1, -0.05) is 13.8 Å². The molecule has 0 spiro atoms. The smallest absolute Gasteiger partial charge is 0.257 e. The second-order valence-electron chi connectivity index (χ2n) is 7.16. The molecule has 1 aromatic carbocycles. The Hall–Kier alpha value is -1.97. The fourth-order valence-corrected chi connectivity index (χ4v) is 5.48. The van der Waals surface area contributed by atoms with Gasteiger partial charge in [-0.3, -0.25) is 9.78 Å². The van der Waals surface area contributed by atoms with E-state index in [0.29, 0.717) is 28.8 Å². The summed E-state index contributed by atoms with van der Waals surface area (Å²) in [5.74, 6) is -0.334. The molecule has 0 atom stereocenters. The van der Waals surface area contributed by atoms with Gasteiger partial charge in [0.2, 0.25) is 10.0 Å². The first kappa shape index (κ1) is 22.7. The van der Waals surface area contributed by atoms with E-state index < -0.39 is 10.0 Å². The van der Waals surface area contributed by atoms with Gasteiger partial charge in [-0.05, 0) is 59.5 Å². The standard InChI is InChI=1S/C21H27BrN4O3S/c1-3-26(4-2)30(28,29)18-8-9-20(25-10-6-5-7-11-25)19(13-18)24-21(27)16-12-17(22)15-23-14-16/h8-9,12-15H,3-7,10-11H2,1-2H3,(H,24,27). The molecule has 0 unspecified atom stereocenters. The van der Waals surface area contributed by atoms with Crippen molar-refractivity contribution in [3.05, 3.63) is 46.7 Å². The number of aromatic nitrogens is 1. The van der Waals surface area contributed by atoms with E-state index >= 15 is 0 Å². The Balaban J connectivity index is 2.01. The van der Waals surface area contributed by atoms with Gasteiger partial charge in [0.1, 0.15) is 0 Å². The lowest BCUT2D eigenvalue weighted by Crippen LogP contribution is -2.32. The van der Waals surface area contributed by atoms with Gasteiger partial charge in [0.25, 0.3) is 5.91 Å². The maximum atomic E-state index is 13.0. The molecule has 1 aromatic heterocycles. The molecule has 1 fully saturated rings. The highest BCUT2D eigenvalue weighted by Crippen LogP contribution is 2.32. The molecule has 1 saturated heterocycles. The van der Waals surface area contributed by atoms with E-state index in [1.54, 1.807) is 30.5 Å². The molecule has 9 heteroatoms. The van der Waals surface area contributed by atoms with E-state index in [2.05, 4.69) is 31.1 Å². The van der Waals surface area contributed by atoms with Crippen molar-refractivity contribution in [2.24, 2.45) is 0 Å². The number of pyridine rings is 1. The quantitative estimate of drug-likeness (QED) is 0.625. The number of carbonyl (C=O) groups is 1. The maximum Gasteiger partial charge on any atom is 0.257 e. The van der Waals surface area contributed by atoms with E-state index in [1.165, 1.54) is 16.9 Å². The third kappa shape index (κ3) is 5.01. The van der Waals surface area contributed by atoms with Crippen LogP contribution in [0, 0.1) is 0 Å². The van der Waals surface area contributed by atoms with Crippen LogP contribution >= 0.6 is 15.9 Å². The Kier molecular flexibility index (Phi) is 7.49. The molecule has 0 bridgehead atoms. The Labute approximate surface area is 186 Å². The van der Waals surface area contributed by atoms with Crippen molar-refractivity contribution in [2.45, 2.75) is 38.0 Å². The molecule has 30 heavy (non-hydrogen) atoms. The van der Waals surface area contributed by atoms with Crippen molar-refractivity contribution in [2.75, 3.05) is 36.4 Å². The van der Waals surface area contributed by atoms with E-state index in [9.17, 15) is 13.2 Å². The minimum Gasteiger partial charge on any atom is -0.370 e. The summed E-state index contributed by atoms with van der Waals surface area (Å²) in [7, 11) is -3.63. The van der Waals surface area contributed by atoms with Gasteiger partial charge in [0.15, 0.2) is 0 Å². The van der Waals surface area contributed by atoms with E-state index in [1.807, 2.05) is 13.8 Å². The van der Waals surface area contributed by atoms with Crippen LogP contribution in [0.5, 0.6) is 0 Å². The summed E-state index contributed by atoms with van der Waals surface area (Å²) in [5.41, 5.74) is 1.73. The summed E-state index contributed by atoms with van der Waals surface area (Å²) in [6.07, 6.45) is 6.41. The summed E-state index contributed by atoms with van der Waals surface area (Å²) >= 11 is 3.33. The summed E-state index contributed by atoms with van der Waals surface area (Å²) in [4.78, 5) is 19.3. The van der Waals surface area contributed by atoms with Crippen molar-refractivity contribution in [3.8, 4) is 0 Å². The Morgan fingerprint density at radius 3 is 2.47 bits per heavy atom. The van der Waals surface area contributed by atoms with Crippen LogP contribution in [-0.4, -0.2) is 49.8 Å². The van der Waals surface area contributed by atoms with Gasteiger partial charge in [0.05, 0.1) is 21.8 Å². The molecule has 0 aliphatic carbocycles. The SMILES string of the molecule is CCN(CC)S(=O)(=O)c1ccc(N2CCCCC2)c(NC(=O)c2cncc(Br)c2)c1. The monoisotopic (exact) mass is 494 g/mol. The number of hydrogen-bond acceptors (Lipinski definition) is 5. The first-order valence-electron chi connectivity index (χ1n) is 10.2. The molecular formula is C21H27BrN4O3S. The fraction of sp³-hybridized carbons (Fsp3) is 0.429. The topological polar surface area (TPSA) is 82.6 Å². The van der Waals surface area contributed by atoms with Crippen LogP contribution in [0.1, 0.15) is 43.5 Å². The number of benzene rings is 1. The zero-order chi connectivity index (χ0) is 21.7. The molecular weight excluding hydrogens is 468 g/mol. The molecule has 1 aliphatic rings. The number of amides is 1. The van der Waals surface area contributed by atoms with Crippen LogP contribution in [0.25, 0.3) is 0 Å². The lowest BCUT2D eigenvalue weighted by molar-refractivity contribution is 0.102. The first-order chi connectivity index (χ1) is 14.4. The average Bonchev–Trinajstić information content (AvgIpc) is 2.75. The number of rotatable bonds is 7. The van der Waals surface area contributed by atoms with Gasteiger partial charge >= 0.3 is 0 Å². The summed E-state index contributed by atoms with van der Waals surface area (Å²) < 4.78 is 28.1. The second-order valence-corrected chi connectivity index (χ2v) is 10.0. The largest absolute Gasteiger partial charge is 0.370 e. The number of hydrogen-bond donors (Lipinski definition) is 1. The zero-order valence-corrected chi connectivity index (χ0v) is 19.7. The van der Waals surface area contributed by atoms with Crippen LogP contribution < -0.4 is 10.2 Å². The van der Waals surface area contributed by atoms with E-state index in [-0.39, 0.29) is 10.8 Å². The van der Waals surface area contributed by atoms with Gasteiger partial charge < -0.3 is 10.2 Å². The minimum atomic E-state index is -3.63. The number of sulfonamides is 1. The van der Waals surface area contributed by atoms with Crippen molar-refractivity contribution >= 4 is 43.2 Å². The molecule has 1 amide bonds. The molecule has 2 heterocycles. The van der Waals surface area contributed by atoms with Crippen molar-refractivity contribution in [1.82, 2.24) is 9.29 Å². The maximum absolute atomic E-state index is 13.0. The summed E-state index contributed by atoms with van der Waals surface area (Å²) in [6.45, 7) is 6.15. The normalized spacial score (nSPS) is 14.7. The lowest BCUT2D eigenvalue weighted by atomic mass is 10.1. The van der Waals surface area contributed by atoms with E-state index in [0.717, 1.165) is 31.6 Å². The van der Waals surface area contributed by atoms with Crippen molar-refractivity contribution in [3.63, 3.8) is 0 Å². The molecule has 0 radical (unpaired) electrons. The molecule has 7 nitrogen and oxygen atoms in total. The number of nitrogens with zero attached hydrogens (tertiary/aromatic N) is 3. The third-order valence-electron chi connectivity index (χ3n) is 5.22. The Morgan fingerprint density at radius 2 is 1.83 bits per heavy atom. The molecule has 162 valence electrons. The van der Waals surface area contributed by atoms with Crippen molar-refractivity contribution < 1.29 is 13.2 Å². The van der Waals surface area contributed by atoms with Crippen LogP contribution in [-0.2, 0) is 10.0 Å². The predicted molar refractivity (Wildman–Crippen MR) is 123 cm³/mol. The molecule has 2 aromatic rings. The fourth-order valence-electron chi connectivity index (χ4n) is 3.63. The van der Waals surface area contributed by atoms with Crippen LogP contribution in [0.4, 0.5) is 11.4 Å². The van der Waals surface area contributed by atoms with Gasteiger partial charge in [-0.25, -0.2) is 8.42 Å². The van der Waals surface area contributed by atoms with Crippen LogP contribution in [0.2, 0.25) is 0 Å². The third-order valence-corrected chi connectivity index (χ3v) is 7.70. The summed E-state index contributed by atoms with van der Waals surface area (Å²) in [5, 5.41) is 2.91. The molecule has 1 aliphatic heterocycles. The number of carbonyl (C=O) groups excluding carboxylic acids is 1. The second kappa shape index (κ2) is 9.89. The molecule has 1 N–H and O–H groups in total. The number of piperidine rings is 1. The highest BCUT2D eigenvalue weighted by Gasteiger charge is 2.25. The Morgan fingerprint density at radius 1 is 1.13 bits per heavy atom. The van der Waals surface area contributed by atoms with Crippen LogP contribution in [0.15, 0.2) is 46.0 Å². The molecule has 3 rings (SSSR count). The zero-order valence-electron chi connectivity index (χ0n) is 17.3. The first-order valence-corrected chi connectivity index (χ1v) is 12.4. The van der Waals surface area contributed by atoms with Gasteiger partial charge in [-0.15, -0.1) is 0 Å².